The van der Waals surface area contributed by atoms with Gasteiger partial charge in [0.2, 0.25) is 11.8 Å². The number of nitrogens with zero attached hydrogens (tertiary/aromatic N) is 4. The summed E-state index contributed by atoms with van der Waals surface area (Å²) in [6.07, 6.45) is 2.02. The van der Waals surface area contributed by atoms with Gasteiger partial charge < -0.3 is 8.83 Å². The van der Waals surface area contributed by atoms with E-state index in [9.17, 15) is 0 Å². The highest BCUT2D eigenvalue weighted by Gasteiger charge is 2.25. The van der Waals surface area contributed by atoms with E-state index in [1.54, 1.807) is 0 Å². The van der Waals surface area contributed by atoms with Crippen LogP contribution in [0.1, 0.15) is 36.4 Å². The maximum atomic E-state index is 6.00. The topological polar surface area (TPSA) is 68.2 Å². The number of aryl methyl sites for hydroxylation is 1. The quantitative estimate of drug-likeness (QED) is 0.730. The fourth-order valence-corrected chi connectivity index (χ4v) is 3.19. The maximum absolute atomic E-state index is 6.00. The molecule has 0 N–H and O–H groups in total. The monoisotopic (exact) mass is 332 g/mol. The average Bonchev–Trinajstić information content (AvgIpc) is 3.14. The number of rotatable bonds is 3. The number of halogens is 1. The Morgan fingerprint density at radius 2 is 2.04 bits per heavy atom. The molecule has 0 spiro atoms. The van der Waals surface area contributed by atoms with Gasteiger partial charge in [0.1, 0.15) is 5.52 Å². The van der Waals surface area contributed by atoms with Gasteiger partial charge >= 0.3 is 0 Å². The number of hydrogen-bond donors (Lipinski definition) is 0. The summed E-state index contributed by atoms with van der Waals surface area (Å²) in [4.78, 5) is 6.92. The number of benzene rings is 1. The Kier molecular flexibility index (Phi) is 3.79. The van der Waals surface area contributed by atoms with Crippen molar-refractivity contribution < 1.29 is 8.83 Å². The third kappa shape index (κ3) is 3.09. The van der Waals surface area contributed by atoms with Gasteiger partial charge in [0.25, 0.3) is 0 Å². The summed E-state index contributed by atoms with van der Waals surface area (Å²) in [7, 11) is 0. The van der Waals surface area contributed by atoms with Crippen molar-refractivity contribution in [2.75, 3.05) is 13.1 Å². The zero-order valence-electron chi connectivity index (χ0n) is 12.8. The van der Waals surface area contributed by atoms with E-state index >= 15 is 0 Å². The van der Waals surface area contributed by atoms with Crippen molar-refractivity contribution >= 4 is 22.7 Å². The number of oxazole rings is 1. The molecule has 120 valence electrons. The van der Waals surface area contributed by atoms with E-state index in [0.29, 0.717) is 29.3 Å². The number of hydrogen-bond acceptors (Lipinski definition) is 6. The minimum absolute atomic E-state index is 0.349. The molecule has 0 amide bonds. The van der Waals surface area contributed by atoms with Crippen LogP contribution in [0.5, 0.6) is 0 Å². The SMILES string of the molecule is Cc1nnc(CN2CCC(c3nc4cc(Cl)ccc4o3)CC2)o1. The van der Waals surface area contributed by atoms with Crippen molar-refractivity contribution in [1.82, 2.24) is 20.1 Å². The Balaban J connectivity index is 1.42. The van der Waals surface area contributed by atoms with Crippen molar-refractivity contribution in [2.24, 2.45) is 0 Å². The third-order valence-electron chi connectivity index (χ3n) is 4.23. The van der Waals surface area contributed by atoms with Crippen LogP contribution in [0.15, 0.2) is 27.0 Å². The number of likely N-dealkylation sites (tertiary alicyclic amines) is 1. The van der Waals surface area contributed by atoms with Gasteiger partial charge in [-0.3, -0.25) is 4.90 Å². The highest BCUT2D eigenvalue weighted by Crippen LogP contribution is 2.31. The van der Waals surface area contributed by atoms with E-state index in [2.05, 4.69) is 20.1 Å². The number of aromatic nitrogens is 3. The van der Waals surface area contributed by atoms with E-state index < -0.39 is 0 Å². The van der Waals surface area contributed by atoms with Crippen LogP contribution in [0.2, 0.25) is 5.02 Å². The number of fused-ring (bicyclic) bond motifs is 1. The maximum Gasteiger partial charge on any atom is 0.230 e. The van der Waals surface area contributed by atoms with E-state index in [1.165, 1.54) is 0 Å². The summed E-state index contributed by atoms with van der Waals surface area (Å²) in [6.45, 7) is 4.44. The van der Waals surface area contributed by atoms with Gasteiger partial charge in [-0.25, -0.2) is 4.98 Å². The molecule has 3 aromatic rings. The average molecular weight is 333 g/mol. The smallest absolute Gasteiger partial charge is 0.230 e. The third-order valence-corrected chi connectivity index (χ3v) is 4.46. The first kappa shape index (κ1) is 14.7. The van der Waals surface area contributed by atoms with Crippen molar-refractivity contribution in [2.45, 2.75) is 32.2 Å². The van der Waals surface area contributed by atoms with E-state index in [4.69, 9.17) is 20.4 Å². The first-order valence-electron chi connectivity index (χ1n) is 7.75. The van der Waals surface area contributed by atoms with Crippen LogP contribution in [0.3, 0.4) is 0 Å². The Labute approximate surface area is 138 Å². The van der Waals surface area contributed by atoms with Crippen molar-refractivity contribution in [3.8, 4) is 0 Å². The fraction of sp³-hybridized carbons (Fsp3) is 0.438. The molecule has 1 aliphatic rings. The fourth-order valence-electron chi connectivity index (χ4n) is 3.02. The Hall–Kier alpha value is -1.92. The lowest BCUT2D eigenvalue weighted by atomic mass is 9.97. The largest absolute Gasteiger partial charge is 0.440 e. The lowest BCUT2D eigenvalue weighted by Crippen LogP contribution is -2.32. The zero-order valence-corrected chi connectivity index (χ0v) is 13.6. The Morgan fingerprint density at radius 3 is 2.78 bits per heavy atom. The second kappa shape index (κ2) is 5.94. The molecule has 6 nitrogen and oxygen atoms in total. The van der Waals surface area contributed by atoms with Crippen LogP contribution < -0.4 is 0 Å². The molecule has 0 aliphatic carbocycles. The lowest BCUT2D eigenvalue weighted by Gasteiger charge is -2.29. The van der Waals surface area contributed by atoms with Crippen molar-refractivity contribution in [3.63, 3.8) is 0 Å². The predicted octanol–water partition coefficient (Wildman–Crippen LogP) is 3.55. The van der Waals surface area contributed by atoms with E-state index in [0.717, 1.165) is 42.9 Å². The molecular weight excluding hydrogens is 316 g/mol. The highest BCUT2D eigenvalue weighted by molar-refractivity contribution is 6.31. The van der Waals surface area contributed by atoms with E-state index in [-0.39, 0.29) is 0 Å². The van der Waals surface area contributed by atoms with Crippen LogP contribution in [0.25, 0.3) is 11.1 Å². The summed E-state index contributed by atoms with van der Waals surface area (Å²) < 4.78 is 11.3. The van der Waals surface area contributed by atoms with Gasteiger partial charge in [-0.1, -0.05) is 11.6 Å². The highest BCUT2D eigenvalue weighted by atomic mass is 35.5. The molecule has 1 aliphatic heterocycles. The van der Waals surface area contributed by atoms with Gasteiger partial charge in [-0.15, -0.1) is 10.2 Å². The summed E-state index contributed by atoms with van der Waals surface area (Å²) >= 11 is 6.00. The van der Waals surface area contributed by atoms with Crippen molar-refractivity contribution in [3.05, 3.63) is 40.9 Å². The summed E-state index contributed by atoms with van der Waals surface area (Å²) in [5.41, 5.74) is 1.63. The summed E-state index contributed by atoms with van der Waals surface area (Å²) in [5, 5.41) is 8.60. The predicted molar refractivity (Wildman–Crippen MR) is 85.3 cm³/mol. The normalized spacial score (nSPS) is 17.1. The molecule has 4 rings (SSSR count). The molecule has 2 aromatic heterocycles. The van der Waals surface area contributed by atoms with Crippen LogP contribution in [0.4, 0.5) is 0 Å². The first-order chi connectivity index (χ1) is 11.2. The van der Waals surface area contributed by atoms with Crippen LogP contribution in [-0.4, -0.2) is 33.2 Å². The second-order valence-electron chi connectivity index (χ2n) is 5.93. The van der Waals surface area contributed by atoms with Crippen molar-refractivity contribution in [1.29, 1.82) is 0 Å². The molecular formula is C16H17ClN4O2. The van der Waals surface area contributed by atoms with Gasteiger partial charge in [0, 0.05) is 17.9 Å². The summed E-state index contributed by atoms with van der Waals surface area (Å²) in [5.74, 6) is 2.45. The standard InChI is InChI=1S/C16H17ClN4O2/c1-10-19-20-15(22-10)9-21-6-4-11(5-7-21)16-18-13-8-12(17)2-3-14(13)23-16/h2-3,8,11H,4-7,9H2,1H3. The second-order valence-corrected chi connectivity index (χ2v) is 6.37. The molecule has 1 aromatic carbocycles. The van der Waals surface area contributed by atoms with Gasteiger partial charge in [0.15, 0.2) is 11.5 Å². The molecule has 0 saturated carbocycles. The van der Waals surface area contributed by atoms with Gasteiger partial charge in [0.05, 0.1) is 6.54 Å². The van der Waals surface area contributed by atoms with Crippen LogP contribution >= 0.6 is 11.6 Å². The van der Waals surface area contributed by atoms with E-state index in [1.807, 2.05) is 25.1 Å². The minimum Gasteiger partial charge on any atom is -0.440 e. The molecule has 1 saturated heterocycles. The Morgan fingerprint density at radius 1 is 1.22 bits per heavy atom. The zero-order chi connectivity index (χ0) is 15.8. The molecule has 0 unspecified atom stereocenters. The molecule has 0 radical (unpaired) electrons. The Bertz CT molecular complexity index is 820. The minimum atomic E-state index is 0.349. The summed E-state index contributed by atoms with van der Waals surface area (Å²) in [6, 6.07) is 5.55. The molecule has 1 fully saturated rings. The number of piperidine rings is 1. The van der Waals surface area contributed by atoms with Gasteiger partial charge in [-0.2, -0.15) is 0 Å². The molecule has 7 heteroatoms. The lowest BCUT2D eigenvalue weighted by molar-refractivity contribution is 0.178. The molecule has 0 atom stereocenters. The molecule has 0 bridgehead atoms. The molecule has 23 heavy (non-hydrogen) atoms. The van der Waals surface area contributed by atoms with Crippen LogP contribution in [-0.2, 0) is 6.54 Å². The first-order valence-corrected chi connectivity index (χ1v) is 8.12. The molecule has 3 heterocycles. The van der Waals surface area contributed by atoms with Crippen LogP contribution in [0, 0.1) is 6.92 Å². The van der Waals surface area contributed by atoms with Gasteiger partial charge in [-0.05, 0) is 44.1 Å².